The number of rotatable bonds is 3. The van der Waals surface area contributed by atoms with Crippen LogP contribution in [0, 0.1) is 0 Å². The van der Waals surface area contributed by atoms with E-state index in [1.807, 2.05) is 18.2 Å². The van der Waals surface area contributed by atoms with Gasteiger partial charge in [-0.25, -0.2) is 0 Å². The van der Waals surface area contributed by atoms with Crippen LogP contribution in [0.5, 0.6) is 0 Å². The summed E-state index contributed by atoms with van der Waals surface area (Å²) in [5.74, 6) is 0. The van der Waals surface area contributed by atoms with E-state index in [-0.39, 0.29) is 11.9 Å². The molecule has 82 valence electrons. The number of fused-ring (bicyclic) bond motifs is 1. The molecule has 0 aliphatic rings. The zero-order valence-electron chi connectivity index (χ0n) is 11.2. The van der Waals surface area contributed by atoms with E-state index >= 15 is 0 Å². The van der Waals surface area contributed by atoms with E-state index in [0.717, 1.165) is 5.56 Å². The quantitative estimate of drug-likeness (QED) is 0.511. The lowest BCUT2D eigenvalue weighted by atomic mass is 10.0. The summed E-state index contributed by atoms with van der Waals surface area (Å²) in [5, 5.41) is 2.18. The summed E-state index contributed by atoms with van der Waals surface area (Å²) in [6, 6.07) is 14.3. The normalized spacial score (nSPS) is 14.1. The molecule has 1 atom stereocenters. The molecule has 2 aromatic carbocycles. The molecule has 0 saturated heterocycles. The average Bonchev–Trinajstić information content (AvgIpc) is 2.37. The van der Waals surface area contributed by atoms with Gasteiger partial charge in [0.1, 0.15) is 0 Å². The topological polar surface area (TPSA) is 0 Å². The maximum absolute atomic E-state index is 7.26. The molecule has 0 fully saturated rings. The van der Waals surface area contributed by atoms with E-state index in [1.165, 1.54) is 10.8 Å². The largest absolute Gasteiger partial charge is 0.117 e. The second kappa shape index (κ2) is 4.71. The maximum atomic E-state index is 7.26. The van der Waals surface area contributed by atoms with Crippen molar-refractivity contribution in [2.45, 2.75) is 18.7 Å². The van der Waals surface area contributed by atoms with Crippen molar-refractivity contribution in [2.75, 3.05) is 0 Å². The number of hydrogen-bond donors (Lipinski definition) is 0. The first-order valence-electron chi connectivity index (χ1n) is 6.33. The first-order chi connectivity index (χ1) is 8.58. The van der Waals surface area contributed by atoms with E-state index in [1.54, 1.807) is 6.92 Å². The summed E-state index contributed by atoms with van der Waals surface area (Å²) >= 11 is 6.34. The van der Waals surface area contributed by atoms with Crippen LogP contribution in [0.25, 0.3) is 10.8 Å². The Balaban J connectivity index is 2.28. The van der Waals surface area contributed by atoms with Crippen LogP contribution < -0.4 is 0 Å². The second-order valence-corrected chi connectivity index (χ2v) is 4.59. The minimum atomic E-state index is -0.180. The molecule has 0 nitrogen and oxygen atoms in total. The Morgan fingerprint density at radius 3 is 2.81 bits per heavy atom. The van der Waals surface area contributed by atoms with Crippen molar-refractivity contribution in [3.05, 3.63) is 60.1 Å². The lowest BCUT2D eigenvalue weighted by Gasteiger charge is -2.10. The van der Waals surface area contributed by atoms with Crippen molar-refractivity contribution in [1.82, 2.24) is 0 Å². The number of allylic oxidation sites excluding steroid dienone is 1. The smallest absolute Gasteiger partial charge is 0.0622 e. The van der Waals surface area contributed by atoms with Crippen molar-refractivity contribution in [3.8, 4) is 0 Å². The van der Waals surface area contributed by atoms with Crippen LogP contribution in [0.2, 0.25) is 0 Å². The molecule has 0 amide bonds. The molecule has 0 bridgehead atoms. The molecule has 1 heteroatoms. The van der Waals surface area contributed by atoms with Crippen molar-refractivity contribution in [2.24, 2.45) is 0 Å². The van der Waals surface area contributed by atoms with Crippen LogP contribution in [0.15, 0.2) is 54.6 Å². The Kier molecular flexibility index (Phi) is 2.60. The fourth-order valence-electron chi connectivity index (χ4n) is 1.79. The SMILES string of the molecule is [2H]C([2H])=C(C)CC(Cl)c1ccc2ccccc2c1. The predicted octanol–water partition coefficient (Wildman–Crippen LogP) is 5.09. The van der Waals surface area contributed by atoms with E-state index in [2.05, 4.69) is 24.3 Å². The highest BCUT2D eigenvalue weighted by atomic mass is 35.5. The van der Waals surface area contributed by atoms with Gasteiger partial charge in [-0.1, -0.05) is 42.0 Å². The van der Waals surface area contributed by atoms with Gasteiger partial charge >= 0.3 is 0 Å². The minimum Gasteiger partial charge on any atom is -0.117 e. The van der Waals surface area contributed by atoms with E-state index in [9.17, 15) is 0 Å². The van der Waals surface area contributed by atoms with Gasteiger partial charge < -0.3 is 0 Å². The van der Waals surface area contributed by atoms with Crippen LogP contribution >= 0.6 is 11.6 Å². The molecule has 0 saturated carbocycles. The monoisotopic (exact) mass is 232 g/mol. The Morgan fingerprint density at radius 2 is 2.06 bits per heavy atom. The minimum absolute atomic E-state index is 0.138. The summed E-state index contributed by atoms with van der Waals surface area (Å²) < 4.78 is 14.5. The van der Waals surface area contributed by atoms with Crippen molar-refractivity contribution >= 4 is 22.4 Å². The van der Waals surface area contributed by atoms with Gasteiger partial charge in [0.05, 0.1) is 8.12 Å². The maximum Gasteiger partial charge on any atom is 0.0622 e. The Morgan fingerprint density at radius 1 is 1.31 bits per heavy atom. The fraction of sp³-hybridized carbons (Fsp3) is 0.200. The highest BCUT2D eigenvalue weighted by Gasteiger charge is 2.08. The third-order valence-corrected chi connectivity index (χ3v) is 3.03. The lowest BCUT2D eigenvalue weighted by Crippen LogP contribution is -1.91. The average molecular weight is 233 g/mol. The molecular weight excluding hydrogens is 216 g/mol. The fourth-order valence-corrected chi connectivity index (χ4v) is 2.16. The van der Waals surface area contributed by atoms with Gasteiger partial charge in [-0.3, -0.25) is 0 Å². The van der Waals surface area contributed by atoms with Crippen LogP contribution in [0.3, 0.4) is 0 Å². The zero-order valence-corrected chi connectivity index (χ0v) is 9.96. The van der Waals surface area contributed by atoms with Crippen LogP contribution in [0.1, 0.15) is 27.0 Å². The molecule has 0 aliphatic carbocycles. The third kappa shape index (κ3) is 2.45. The predicted molar refractivity (Wildman–Crippen MR) is 72.0 cm³/mol. The molecule has 0 N–H and O–H groups in total. The van der Waals surface area contributed by atoms with Gasteiger partial charge in [0.2, 0.25) is 0 Å². The van der Waals surface area contributed by atoms with Gasteiger partial charge in [0.25, 0.3) is 0 Å². The summed E-state index contributed by atoms with van der Waals surface area (Å²) in [4.78, 5) is 0. The van der Waals surface area contributed by atoms with Crippen molar-refractivity contribution < 1.29 is 2.74 Å². The molecule has 0 spiro atoms. The molecule has 0 aromatic heterocycles. The first kappa shape index (κ1) is 8.83. The summed E-state index contributed by atoms with van der Waals surface area (Å²) in [6.45, 7) is 1.65. The standard InChI is InChI=1S/C15H15Cl/c1-11(2)9-15(16)14-8-7-12-5-3-4-6-13(12)10-14/h3-8,10,15H,1,9H2,2H3/i1D2. The Labute approximate surface area is 104 Å². The molecule has 0 heterocycles. The number of benzene rings is 2. The van der Waals surface area contributed by atoms with Crippen LogP contribution in [-0.4, -0.2) is 0 Å². The van der Waals surface area contributed by atoms with Gasteiger partial charge in [0.15, 0.2) is 0 Å². The van der Waals surface area contributed by atoms with Crippen LogP contribution in [0.4, 0.5) is 0 Å². The van der Waals surface area contributed by atoms with E-state index in [4.69, 9.17) is 14.3 Å². The summed E-state index contributed by atoms with van der Waals surface area (Å²) in [7, 11) is 0. The molecule has 16 heavy (non-hydrogen) atoms. The van der Waals surface area contributed by atoms with Gasteiger partial charge in [-0.05, 0) is 35.7 Å². The molecular formula is C15H15Cl. The van der Waals surface area contributed by atoms with Gasteiger partial charge in [-0.2, -0.15) is 0 Å². The zero-order chi connectivity index (χ0) is 13.1. The third-order valence-electron chi connectivity index (χ3n) is 2.62. The molecule has 0 radical (unpaired) electrons. The summed E-state index contributed by atoms with van der Waals surface area (Å²) in [6.07, 6.45) is 0.544. The van der Waals surface area contributed by atoms with Gasteiger partial charge in [-0.15, -0.1) is 18.1 Å². The van der Waals surface area contributed by atoms with Gasteiger partial charge in [0, 0.05) is 0 Å². The van der Waals surface area contributed by atoms with E-state index in [0.29, 0.717) is 12.0 Å². The molecule has 2 rings (SSSR count). The van der Waals surface area contributed by atoms with Crippen molar-refractivity contribution in [1.29, 1.82) is 0 Å². The first-order valence-corrected chi connectivity index (χ1v) is 5.77. The molecule has 0 aliphatic heterocycles. The number of alkyl halides is 1. The Hall–Kier alpha value is -1.27. The number of halogens is 1. The highest BCUT2D eigenvalue weighted by molar-refractivity contribution is 6.21. The Bertz CT molecular complexity index is 586. The number of hydrogen-bond acceptors (Lipinski definition) is 0. The summed E-state index contributed by atoms with van der Waals surface area (Å²) in [5.41, 5.74) is 1.75. The second-order valence-electron chi connectivity index (χ2n) is 4.06. The molecule has 1 unspecified atom stereocenters. The van der Waals surface area contributed by atoms with Crippen molar-refractivity contribution in [3.63, 3.8) is 0 Å². The lowest BCUT2D eigenvalue weighted by molar-refractivity contribution is 0.909. The van der Waals surface area contributed by atoms with Crippen LogP contribution in [-0.2, 0) is 0 Å². The van der Waals surface area contributed by atoms with E-state index < -0.39 is 0 Å². The molecule has 2 aromatic rings. The highest BCUT2D eigenvalue weighted by Crippen LogP contribution is 2.29.